The Morgan fingerprint density at radius 1 is 1.15 bits per heavy atom. The van der Waals surface area contributed by atoms with Gasteiger partial charge in [-0.25, -0.2) is 9.69 Å². The highest BCUT2D eigenvalue weighted by molar-refractivity contribution is 6.13. The Hall–Kier alpha value is -2.04. The van der Waals surface area contributed by atoms with E-state index in [0.717, 1.165) is 30.6 Å². The molecule has 5 heteroatoms. The summed E-state index contributed by atoms with van der Waals surface area (Å²) in [6.45, 7) is 1.39. The summed E-state index contributed by atoms with van der Waals surface area (Å²) in [5, 5.41) is 2.95. The van der Waals surface area contributed by atoms with Gasteiger partial charge in [0.15, 0.2) is 0 Å². The van der Waals surface area contributed by atoms with Crippen molar-refractivity contribution in [3.8, 4) is 0 Å². The van der Waals surface area contributed by atoms with Crippen molar-refractivity contribution in [2.75, 3.05) is 10.6 Å². The monoisotopic (exact) mass is 275 g/mol. The molecule has 0 bridgehead atoms. The van der Waals surface area contributed by atoms with Gasteiger partial charge in [0.2, 0.25) is 5.91 Å². The molecule has 0 spiro atoms. The summed E-state index contributed by atoms with van der Waals surface area (Å²) in [7, 11) is 0. The molecule has 108 valence electrons. The van der Waals surface area contributed by atoms with Gasteiger partial charge in [-0.3, -0.25) is 4.79 Å². The van der Waals surface area contributed by atoms with Crippen LogP contribution < -0.4 is 16.0 Å². The minimum Gasteiger partial charge on any atom is -0.399 e. The fourth-order valence-corrected chi connectivity index (χ4v) is 2.55. The lowest BCUT2D eigenvalue weighted by Crippen LogP contribution is -2.47. The van der Waals surface area contributed by atoms with Crippen molar-refractivity contribution >= 4 is 23.3 Å². The van der Waals surface area contributed by atoms with Gasteiger partial charge in [0, 0.05) is 18.7 Å². The van der Waals surface area contributed by atoms with E-state index < -0.39 is 0 Å². The molecule has 0 unspecified atom stereocenters. The second-order valence-corrected chi connectivity index (χ2v) is 5.23. The van der Waals surface area contributed by atoms with Gasteiger partial charge in [-0.05, 0) is 37.1 Å². The molecule has 0 aromatic heterocycles. The van der Waals surface area contributed by atoms with Crippen molar-refractivity contribution in [3.05, 3.63) is 24.3 Å². The molecule has 0 atom stereocenters. The van der Waals surface area contributed by atoms with E-state index in [2.05, 4.69) is 5.32 Å². The zero-order valence-corrected chi connectivity index (χ0v) is 11.8. The SMILES string of the molecule is CC(=O)N(C(=O)NC1CCCCC1)c1ccc(N)cc1. The van der Waals surface area contributed by atoms with Crippen LogP contribution in [0.5, 0.6) is 0 Å². The fraction of sp³-hybridized carbons (Fsp3) is 0.467. The molecule has 1 aliphatic carbocycles. The molecular weight excluding hydrogens is 254 g/mol. The number of amides is 3. The van der Waals surface area contributed by atoms with Crippen LogP contribution in [0.4, 0.5) is 16.2 Å². The van der Waals surface area contributed by atoms with E-state index in [-0.39, 0.29) is 18.0 Å². The normalized spacial score (nSPS) is 15.7. The lowest BCUT2D eigenvalue weighted by Gasteiger charge is -2.26. The third-order valence-electron chi connectivity index (χ3n) is 3.60. The number of hydrogen-bond donors (Lipinski definition) is 2. The van der Waals surface area contributed by atoms with Crippen molar-refractivity contribution in [2.45, 2.75) is 45.1 Å². The molecular formula is C15H21N3O2. The Balaban J connectivity index is 2.09. The predicted octanol–water partition coefficient (Wildman–Crippen LogP) is 2.66. The van der Waals surface area contributed by atoms with Gasteiger partial charge >= 0.3 is 6.03 Å². The van der Waals surface area contributed by atoms with Crippen molar-refractivity contribution in [2.24, 2.45) is 0 Å². The average Bonchev–Trinajstić information content (AvgIpc) is 2.42. The molecule has 1 aromatic carbocycles. The zero-order valence-electron chi connectivity index (χ0n) is 11.8. The van der Waals surface area contributed by atoms with E-state index in [0.29, 0.717) is 11.4 Å². The summed E-state index contributed by atoms with van der Waals surface area (Å²) in [6, 6.07) is 6.54. The highest BCUT2D eigenvalue weighted by Gasteiger charge is 2.23. The molecule has 0 heterocycles. The Morgan fingerprint density at radius 2 is 1.75 bits per heavy atom. The van der Waals surface area contributed by atoms with Crippen LogP contribution in [0.1, 0.15) is 39.0 Å². The maximum Gasteiger partial charge on any atom is 0.328 e. The second-order valence-electron chi connectivity index (χ2n) is 5.23. The van der Waals surface area contributed by atoms with Crippen LogP contribution in [-0.4, -0.2) is 18.0 Å². The van der Waals surface area contributed by atoms with Crippen molar-refractivity contribution in [1.82, 2.24) is 5.32 Å². The summed E-state index contributed by atoms with van der Waals surface area (Å²) in [6.07, 6.45) is 5.46. The molecule has 1 aliphatic rings. The Kier molecular flexibility index (Phi) is 4.61. The first-order valence-corrected chi connectivity index (χ1v) is 7.04. The maximum absolute atomic E-state index is 12.3. The number of nitrogens with two attached hydrogens (primary N) is 1. The number of rotatable bonds is 2. The lowest BCUT2D eigenvalue weighted by atomic mass is 9.96. The smallest absolute Gasteiger partial charge is 0.328 e. The molecule has 1 saturated carbocycles. The van der Waals surface area contributed by atoms with Gasteiger partial charge in [0.1, 0.15) is 0 Å². The van der Waals surface area contributed by atoms with Crippen LogP contribution in [0, 0.1) is 0 Å². The summed E-state index contributed by atoms with van der Waals surface area (Å²) in [5.74, 6) is -0.303. The number of nitrogens with one attached hydrogen (secondary N) is 1. The molecule has 0 saturated heterocycles. The van der Waals surface area contributed by atoms with Crippen LogP contribution in [0.2, 0.25) is 0 Å². The number of benzene rings is 1. The van der Waals surface area contributed by atoms with E-state index in [1.54, 1.807) is 24.3 Å². The zero-order chi connectivity index (χ0) is 14.5. The molecule has 2 rings (SSSR count). The number of urea groups is 1. The number of nitrogen functional groups attached to an aromatic ring is 1. The first-order valence-electron chi connectivity index (χ1n) is 7.04. The number of imide groups is 1. The van der Waals surface area contributed by atoms with E-state index >= 15 is 0 Å². The van der Waals surface area contributed by atoms with Gasteiger partial charge in [0.05, 0.1) is 5.69 Å². The van der Waals surface area contributed by atoms with Crippen LogP contribution in [0.25, 0.3) is 0 Å². The summed E-state index contributed by atoms with van der Waals surface area (Å²) < 4.78 is 0. The van der Waals surface area contributed by atoms with Gasteiger partial charge in [-0.2, -0.15) is 0 Å². The fourth-order valence-electron chi connectivity index (χ4n) is 2.55. The molecule has 3 N–H and O–H groups in total. The van der Waals surface area contributed by atoms with Gasteiger partial charge in [-0.15, -0.1) is 0 Å². The first kappa shape index (κ1) is 14.4. The number of hydrogen-bond acceptors (Lipinski definition) is 3. The van der Waals surface area contributed by atoms with E-state index in [1.807, 2.05) is 0 Å². The van der Waals surface area contributed by atoms with Crippen LogP contribution in [-0.2, 0) is 4.79 Å². The number of anilines is 2. The summed E-state index contributed by atoms with van der Waals surface area (Å²) >= 11 is 0. The topological polar surface area (TPSA) is 75.4 Å². The van der Waals surface area contributed by atoms with E-state index in [4.69, 9.17) is 5.73 Å². The Morgan fingerprint density at radius 3 is 2.30 bits per heavy atom. The predicted molar refractivity (Wildman–Crippen MR) is 79.4 cm³/mol. The highest BCUT2D eigenvalue weighted by atomic mass is 16.2. The standard InChI is InChI=1S/C15H21N3O2/c1-11(19)18(14-9-7-12(16)8-10-14)15(20)17-13-5-3-2-4-6-13/h7-10,13H,2-6,16H2,1H3,(H,17,20). The molecule has 0 aliphatic heterocycles. The van der Waals surface area contributed by atoms with Crippen LogP contribution in [0.3, 0.4) is 0 Å². The molecule has 5 nitrogen and oxygen atoms in total. The maximum atomic E-state index is 12.3. The lowest BCUT2D eigenvalue weighted by molar-refractivity contribution is -0.115. The number of carbonyl (C=O) groups is 2. The summed E-state index contributed by atoms with van der Waals surface area (Å²) in [5.41, 5.74) is 6.77. The minimum atomic E-state index is -0.353. The average molecular weight is 275 g/mol. The third kappa shape index (κ3) is 3.50. The van der Waals surface area contributed by atoms with E-state index in [1.165, 1.54) is 13.3 Å². The van der Waals surface area contributed by atoms with Crippen molar-refractivity contribution < 1.29 is 9.59 Å². The van der Waals surface area contributed by atoms with Crippen molar-refractivity contribution in [3.63, 3.8) is 0 Å². The van der Waals surface area contributed by atoms with Crippen LogP contribution >= 0.6 is 0 Å². The first-order chi connectivity index (χ1) is 9.58. The van der Waals surface area contributed by atoms with Crippen LogP contribution in [0.15, 0.2) is 24.3 Å². The number of carbonyl (C=O) groups excluding carboxylic acids is 2. The largest absolute Gasteiger partial charge is 0.399 e. The molecule has 1 fully saturated rings. The Bertz CT molecular complexity index is 478. The molecule has 3 amide bonds. The molecule has 1 aromatic rings. The summed E-state index contributed by atoms with van der Waals surface area (Å²) in [4.78, 5) is 25.2. The quantitative estimate of drug-likeness (QED) is 0.815. The van der Waals surface area contributed by atoms with Crippen molar-refractivity contribution in [1.29, 1.82) is 0 Å². The van der Waals surface area contributed by atoms with E-state index in [9.17, 15) is 9.59 Å². The third-order valence-corrected chi connectivity index (χ3v) is 3.60. The highest BCUT2D eigenvalue weighted by Crippen LogP contribution is 2.20. The van der Waals surface area contributed by atoms with Gasteiger partial charge in [0.25, 0.3) is 0 Å². The second kappa shape index (κ2) is 6.41. The Labute approximate surface area is 119 Å². The minimum absolute atomic E-state index is 0.173. The van der Waals surface area contributed by atoms with Gasteiger partial charge < -0.3 is 11.1 Å². The van der Waals surface area contributed by atoms with Gasteiger partial charge in [-0.1, -0.05) is 19.3 Å². The molecule has 20 heavy (non-hydrogen) atoms. The molecule has 0 radical (unpaired) electrons. The number of nitrogens with zero attached hydrogens (tertiary/aromatic N) is 1.